The van der Waals surface area contributed by atoms with Crippen LogP contribution < -0.4 is 0 Å². The van der Waals surface area contributed by atoms with E-state index in [0.717, 1.165) is 67.6 Å². The van der Waals surface area contributed by atoms with Crippen LogP contribution in [0.15, 0.2) is 66.9 Å². The minimum Gasteiger partial charge on any atom is -0.345 e. The molecule has 9 heteroatoms. The first-order chi connectivity index (χ1) is 19.0. The van der Waals surface area contributed by atoms with Gasteiger partial charge in [0, 0.05) is 36.1 Å². The lowest BCUT2D eigenvalue weighted by atomic mass is 9.94. The minimum absolute atomic E-state index is 0.0330. The topological polar surface area (TPSA) is 45.6 Å². The van der Waals surface area contributed by atoms with Gasteiger partial charge in [0.2, 0.25) is 5.91 Å². The van der Waals surface area contributed by atoms with Crippen LogP contribution in [-0.4, -0.2) is 44.8 Å². The van der Waals surface area contributed by atoms with Crippen molar-refractivity contribution in [1.82, 2.24) is 14.4 Å². The molecule has 1 aliphatic rings. The van der Waals surface area contributed by atoms with Gasteiger partial charge in [0.15, 0.2) is 0 Å². The third-order valence-electron chi connectivity index (χ3n) is 7.51. The number of carbonyl (C=O) groups excluding carboxylic acids is 2. The smallest absolute Gasteiger partial charge is 0.345 e. The van der Waals surface area contributed by atoms with Crippen LogP contribution in [0.4, 0.5) is 17.6 Å². The molecule has 40 heavy (non-hydrogen) atoms. The summed E-state index contributed by atoms with van der Waals surface area (Å²) in [7, 11) is 0. The molecule has 0 aliphatic heterocycles. The van der Waals surface area contributed by atoms with Crippen molar-refractivity contribution in [2.75, 3.05) is 6.54 Å². The van der Waals surface area contributed by atoms with Gasteiger partial charge >= 0.3 is 6.18 Å². The van der Waals surface area contributed by atoms with Crippen molar-refractivity contribution >= 4 is 11.8 Å². The molecule has 214 valence electrons. The summed E-state index contributed by atoms with van der Waals surface area (Å²) < 4.78 is 54.4. The average molecular weight is 558 g/mol. The number of rotatable bonds is 9. The quantitative estimate of drug-likeness (QED) is 0.269. The molecule has 2 amide bonds. The number of aromatic nitrogens is 1. The van der Waals surface area contributed by atoms with Crippen molar-refractivity contribution < 1.29 is 27.2 Å². The first kappa shape index (κ1) is 29.4. The Kier molecular flexibility index (Phi) is 9.32. The monoisotopic (exact) mass is 557 g/mol. The Bertz CT molecular complexity index is 1280. The molecule has 0 radical (unpaired) electrons. The third kappa shape index (κ3) is 7.31. The lowest BCUT2D eigenvalue weighted by Crippen LogP contribution is -2.49. The predicted molar refractivity (Wildman–Crippen MR) is 145 cm³/mol. The summed E-state index contributed by atoms with van der Waals surface area (Å²) in [5.41, 5.74) is 1.13. The fraction of sp³-hybridized carbons (Fsp3) is 0.419. The molecule has 2 aromatic carbocycles. The zero-order valence-corrected chi connectivity index (χ0v) is 22.8. The lowest BCUT2D eigenvalue weighted by molar-refractivity contribution is -0.137. The van der Waals surface area contributed by atoms with Crippen LogP contribution in [0.2, 0.25) is 0 Å². The van der Waals surface area contributed by atoms with Gasteiger partial charge in [0.25, 0.3) is 5.91 Å². The summed E-state index contributed by atoms with van der Waals surface area (Å²) in [5, 5.41) is 0. The molecule has 0 N–H and O–H groups in total. The van der Waals surface area contributed by atoms with Gasteiger partial charge in [-0.2, -0.15) is 13.2 Å². The Balaban J connectivity index is 1.54. The molecule has 5 nitrogen and oxygen atoms in total. The van der Waals surface area contributed by atoms with E-state index in [1.807, 2.05) is 27.8 Å². The molecule has 0 saturated heterocycles. The number of hydrogen-bond donors (Lipinski definition) is 0. The van der Waals surface area contributed by atoms with Crippen LogP contribution in [-0.2, 0) is 24.1 Å². The Labute approximate surface area is 232 Å². The second kappa shape index (κ2) is 12.7. The highest BCUT2D eigenvalue weighted by atomic mass is 19.4. The molecule has 1 aliphatic carbocycles. The van der Waals surface area contributed by atoms with Gasteiger partial charge in [-0.3, -0.25) is 9.59 Å². The Hall–Kier alpha value is -3.62. The first-order valence-electron chi connectivity index (χ1n) is 13.7. The van der Waals surface area contributed by atoms with Crippen LogP contribution in [0.25, 0.3) is 0 Å². The van der Waals surface area contributed by atoms with E-state index in [1.54, 1.807) is 26.0 Å². The maximum Gasteiger partial charge on any atom is 0.416 e. The van der Waals surface area contributed by atoms with E-state index < -0.39 is 17.6 Å². The van der Waals surface area contributed by atoms with E-state index in [4.69, 9.17) is 0 Å². The summed E-state index contributed by atoms with van der Waals surface area (Å²) in [5.74, 6) is -0.984. The second-order valence-corrected chi connectivity index (χ2v) is 10.7. The molecule has 0 spiro atoms. The normalized spacial score (nSPS) is 14.4. The zero-order chi connectivity index (χ0) is 28.9. The zero-order valence-electron chi connectivity index (χ0n) is 22.8. The molecular weight excluding hydrogens is 522 g/mol. The molecule has 1 saturated carbocycles. The number of benzene rings is 2. The number of carbonyl (C=O) groups is 2. The van der Waals surface area contributed by atoms with Gasteiger partial charge in [-0.1, -0.05) is 31.4 Å². The number of hydrogen-bond acceptors (Lipinski definition) is 2. The SMILES string of the molecule is CC(C)N(CC(=O)N(Cc1cccn1Cc1ccc(F)cc1)C1CCCCC1)C(=O)c1ccc(C(F)(F)F)cc1. The average Bonchev–Trinajstić information content (AvgIpc) is 3.37. The van der Waals surface area contributed by atoms with Crippen molar-refractivity contribution in [3.05, 3.63) is 95.1 Å². The minimum atomic E-state index is -4.50. The van der Waals surface area contributed by atoms with Gasteiger partial charge in [0.1, 0.15) is 12.4 Å². The van der Waals surface area contributed by atoms with E-state index in [9.17, 15) is 27.2 Å². The lowest BCUT2D eigenvalue weighted by Gasteiger charge is -2.37. The van der Waals surface area contributed by atoms with Gasteiger partial charge in [-0.25, -0.2) is 4.39 Å². The molecular formula is C31H35F4N3O2. The maximum atomic E-state index is 13.8. The molecule has 1 heterocycles. The maximum absolute atomic E-state index is 13.8. The van der Waals surface area contributed by atoms with E-state index >= 15 is 0 Å². The highest BCUT2D eigenvalue weighted by Crippen LogP contribution is 2.29. The van der Waals surface area contributed by atoms with Crippen molar-refractivity contribution in [1.29, 1.82) is 0 Å². The highest BCUT2D eigenvalue weighted by Gasteiger charge is 2.32. The van der Waals surface area contributed by atoms with Gasteiger partial charge in [-0.05, 0) is 80.8 Å². The van der Waals surface area contributed by atoms with E-state index in [2.05, 4.69) is 0 Å². The summed E-state index contributed by atoms with van der Waals surface area (Å²) >= 11 is 0. The Morgan fingerprint density at radius 3 is 2.20 bits per heavy atom. The van der Waals surface area contributed by atoms with E-state index in [-0.39, 0.29) is 35.9 Å². The molecule has 1 aromatic heterocycles. The molecule has 3 aromatic rings. The van der Waals surface area contributed by atoms with Crippen LogP contribution in [0.5, 0.6) is 0 Å². The van der Waals surface area contributed by atoms with Crippen LogP contribution in [0.1, 0.15) is 73.1 Å². The summed E-state index contributed by atoms with van der Waals surface area (Å²) in [6.45, 7) is 4.28. The van der Waals surface area contributed by atoms with Crippen molar-refractivity contribution in [2.45, 2.75) is 77.3 Å². The van der Waals surface area contributed by atoms with E-state index in [1.165, 1.54) is 17.0 Å². The summed E-state index contributed by atoms with van der Waals surface area (Å²) in [6.07, 6.45) is 2.33. The molecule has 0 bridgehead atoms. The third-order valence-corrected chi connectivity index (χ3v) is 7.51. The molecule has 0 unspecified atom stereocenters. The predicted octanol–water partition coefficient (Wildman–Crippen LogP) is 6.91. The highest BCUT2D eigenvalue weighted by molar-refractivity contribution is 5.96. The number of alkyl halides is 3. The number of halogens is 4. The Morgan fingerprint density at radius 1 is 0.950 bits per heavy atom. The second-order valence-electron chi connectivity index (χ2n) is 10.7. The largest absolute Gasteiger partial charge is 0.416 e. The number of amides is 2. The van der Waals surface area contributed by atoms with Crippen molar-refractivity contribution in [2.24, 2.45) is 0 Å². The van der Waals surface area contributed by atoms with Gasteiger partial charge in [-0.15, -0.1) is 0 Å². The molecule has 0 atom stereocenters. The van der Waals surface area contributed by atoms with Gasteiger partial charge < -0.3 is 14.4 Å². The van der Waals surface area contributed by atoms with Crippen molar-refractivity contribution in [3.8, 4) is 0 Å². The Morgan fingerprint density at radius 2 is 1.60 bits per heavy atom. The van der Waals surface area contributed by atoms with E-state index in [0.29, 0.717) is 13.1 Å². The fourth-order valence-electron chi connectivity index (χ4n) is 5.21. The van der Waals surface area contributed by atoms with Crippen LogP contribution in [0, 0.1) is 5.82 Å². The molecule has 4 rings (SSSR count). The van der Waals surface area contributed by atoms with Gasteiger partial charge in [0.05, 0.1) is 12.1 Å². The summed E-state index contributed by atoms with van der Waals surface area (Å²) in [6, 6.07) is 14.0. The summed E-state index contributed by atoms with van der Waals surface area (Å²) in [4.78, 5) is 30.4. The fourth-order valence-corrected chi connectivity index (χ4v) is 5.21. The first-order valence-corrected chi connectivity index (χ1v) is 13.7. The standard InChI is InChI=1S/C31H35F4N3O2/c1-22(2)37(30(40)24-12-14-25(15-13-24)31(33,34)35)21-29(39)38(27-7-4-3-5-8-27)20-28-9-6-18-36(28)19-23-10-16-26(32)17-11-23/h6,9-18,22,27H,3-5,7-8,19-21H2,1-2H3. The molecule has 1 fully saturated rings. The van der Waals surface area contributed by atoms with Crippen LogP contribution in [0.3, 0.4) is 0 Å². The van der Waals surface area contributed by atoms with Crippen molar-refractivity contribution in [3.63, 3.8) is 0 Å². The number of nitrogens with zero attached hydrogens (tertiary/aromatic N) is 3. The van der Waals surface area contributed by atoms with Crippen LogP contribution >= 0.6 is 0 Å².